The van der Waals surface area contributed by atoms with E-state index in [4.69, 9.17) is 10.5 Å². The van der Waals surface area contributed by atoms with E-state index in [1.165, 1.54) is 6.07 Å². The number of hydrogen-bond donors (Lipinski definition) is 1. The maximum absolute atomic E-state index is 11.9. The fourth-order valence-corrected chi connectivity index (χ4v) is 1.89. The summed E-state index contributed by atoms with van der Waals surface area (Å²) < 4.78 is 5.55. The zero-order valence-corrected chi connectivity index (χ0v) is 7.95. The molecule has 1 fully saturated rings. The lowest BCUT2D eigenvalue weighted by molar-refractivity contribution is 0.0820. The Bertz CT molecular complexity index is 489. The third-order valence-corrected chi connectivity index (χ3v) is 2.93. The number of carbonyl (C=O) groups is 2. The highest BCUT2D eigenvalue weighted by atomic mass is 16.5. The summed E-state index contributed by atoms with van der Waals surface area (Å²) in [6, 6.07) is 4.74. The minimum atomic E-state index is -0.599. The van der Waals surface area contributed by atoms with Crippen LogP contribution in [0.25, 0.3) is 0 Å². The Morgan fingerprint density at radius 3 is 2.73 bits per heavy atom. The minimum Gasteiger partial charge on any atom is -0.478 e. The van der Waals surface area contributed by atoms with Gasteiger partial charge in [-0.2, -0.15) is 0 Å². The van der Waals surface area contributed by atoms with E-state index in [2.05, 4.69) is 0 Å². The van der Waals surface area contributed by atoms with Crippen molar-refractivity contribution in [3.05, 3.63) is 29.3 Å². The van der Waals surface area contributed by atoms with E-state index in [-0.39, 0.29) is 5.78 Å². The van der Waals surface area contributed by atoms with Crippen LogP contribution in [0.3, 0.4) is 0 Å². The number of fused-ring (bicyclic) bond motifs is 1. The highest BCUT2D eigenvalue weighted by molar-refractivity contribution is 6.10. The molecule has 0 radical (unpaired) electrons. The summed E-state index contributed by atoms with van der Waals surface area (Å²) in [5, 5.41) is 0. The van der Waals surface area contributed by atoms with Crippen LogP contribution < -0.4 is 10.5 Å². The van der Waals surface area contributed by atoms with E-state index in [9.17, 15) is 9.59 Å². The quantitative estimate of drug-likeness (QED) is 0.737. The Labute approximate surface area is 86.0 Å². The maximum Gasteiger partial charge on any atom is 0.248 e. The fourth-order valence-electron chi connectivity index (χ4n) is 1.89. The summed E-state index contributed by atoms with van der Waals surface area (Å²) in [7, 11) is 0. The third-order valence-electron chi connectivity index (χ3n) is 2.93. The second-order valence-electron chi connectivity index (χ2n) is 4.00. The van der Waals surface area contributed by atoms with E-state index in [0.717, 1.165) is 12.8 Å². The summed E-state index contributed by atoms with van der Waals surface area (Å²) in [5.74, 6) is 0.0328. The van der Waals surface area contributed by atoms with Crippen LogP contribution in [-0.2, 0) is 0 Å². The van der Waals surface area contributed by atoms with Gasteiger partial charge in [0.25, 0.3) is 0 Å². The van der Waals surface area contributed by atoms with Gasteiger partial charge < -0.3 is 10.5 Å². The molecule has 1 aromatic rings. The minimum absolute atomic E-state index is 0.0133. The summed E-state index contributed by atoms with van der Waals surface area (Å²) in [4.78, 5) is 22.8. The average Bonchev–Trinajstić information content (AvgIpc) is 2.92. The molecule has 0 atom stereocenters. The maximum atomic E-state index is 11.9. The Hall–Kier alpha value is -1.84. The number of carbonyl (C=O) groups excluding carboxylic acids is 2. The summed E-state index contributed by atoms with van der Waals surface area (Å²) in [6.07, 6.45) is 1.54. The molecular weight excluding hydrogens is 194 g/mol. The first kappa shape index (κ1) is 8.47. The van der Waals surface area contributed by atoms with E-state index >= 15 is 0 Å². The van der Waals surface area contributed by atoms with Crippen molar-refractivity contribution in [2.24, 2.45) is 5.73 Å². The fraction of sp³-hybridized carbons (Fsp3) is 0.273. The number of Topliss-reactive ketones (excluding diaryl/α,β-unsaturated/α-hetero) is 1. The van der Waals surface area contributed by atoms with Gasteiger partial charge in [0.2, 0.25) is 11.7 Å². The third kappa shape index (κ3) is 1.02. The van der Waals surface area contributed by atoms with Crippen LogP contribution >= 0.6 is 0 Å². The van der Waals surface area contributed by atoms with Gasteiger partial charge in [0, 0.05) is 5.56 Å². The van der Waals surface area contributed by atoms with Crippen molar-refractivity contribution in [3.8, 4) is 5.75 Å². The van der Waals surface area contributed by atoms with Crippen molar-refractivity contribution < 1.29 is 14.3 Å². The zero-order chi connectivity index (χ0) is 10.6. The van der Waals surface area contributed by atoms with Gasteiger partial charge in [-0.1, -0.05) is 0 Å². The van der Waals surface area contributed by atoms with Crippen LogP contribution in [0.5, 0.6) is 5.75 Å². The van der Waals surface area contributed by atoms with Crippen LogP contribution in [0.15, 0.2) is 18.2 Å². The molecule has 0 saturated heterocycles. The Morgan fingerprint density at radius 1 is 1.40 bits per heavy atom. The lowest BCUT2D eigenvalue weighted by Gasteiger charge is -2.03. The second kappa shape index (κ2) is 2.39. The largest absolute Gasteiger partial charge is 0.478 e. The predicted octanol–water partition coefficient (Wildman–Crippen LogP) is 0.893. The van der Waals surface area contributed by atoms with Gasteiger partial charge in [0.05, 0.1) is 5.56 Å². The van der Waals surface area contributed by atoms with Crippen molar-refractivity contribution in [2.75, 3.05) is 0 Å². The van der Waals surface area contributed by atoms with E-state index < -0.39 is 11.5 Å². The van der Waals surface area contributed by atoms with Crippen LogP contribution in [0.4, 0.5) is 0 Å². The molecule has 1 heterocycles. The standard InChI is InChI=1S/C11H9NO3/c12-10(14)6-1-2-8-7(5-6)9(13)11(15-8)3-4-11/h1-2,5H,3-4H2,(H2,12,14). The number of benzene rings is 1. The predicted molar refractivity (Wildman–Crippen MR) is 51.9 cm³/mol. The number of rotatable bonds is 1. The molecule has 76 valence electrons. The second-order valence-corrected chi connectivity index (χ2v) is 4.00. The van der Waals surface area contributed by atoms with E-state index in [1.54, 1.807) is 12.1 Å². The first-order chi connectivity index (χ1) is 7.12. The molecule has 0 bridgehead atoms. The average molecular weight is 203 g/mol. The van der Waals surface area contributed by atoms with E-state index in [1.807, 2.05) is 0 Å². The van der Waals surface area contributed by atoms with Gasteiger partial charge in [-0.3, -0.25) is 9.59 Å². The first-order valence-electron chi connectivity index (χ1n) is 4.80. The number of primary amides is 1. The molecular formula is C11H9NO3. The molecule has 1 amide bonds. The van der Waals surface area contributed by atoms with Gasteiger partial charge in [0.15, 0.2) is 5.60 Å². The molecule has 0 aromatic heterocycles. The number of nitrogens with two attached hydrogens (primary N) is 1. The summed E-state index contributed by atoms with van der Waals surface area (Å²) in [5.41, 5.74) is 5.39. The number of amides is 1. The van der Waals surface area contributed by atoms with Gasteiger partial charge >= 0.3 is 0 Å². The first-order valence-corrected chi connectivity index (χ1v) is 4.80. The lowest BCUT2D eigenvalue weighted by Crippen LogP contribution is -2.21. The summed E-state index contributed by atoms with van der Waals surface area (Å²) >= 11 is 0. The van der Waals surface area contributed by atoms with Crippen LogP contribution in [-0.4, -0.2) is 17.3 Å². The lowest BCUT2D eigenvalue weighted by atomic mass is 10.0. The molecule has 0 unspecified atom stereocenters. The molecule has 2 aliphatic rings. The molecule has 1 aliphatic carbocycles. The van der Waals surface area contributed by atoms with Crippen LogP contribution in [0.2, 0.25) is 0 Å². The molecule has 1 aliphatic heterocycles. The molecule has 1 saturated carbocycles. The zero-order valence-electron chi connectivity index (χ0n) is 7.95. The molecule has 4 heteroatoms. The van der Waals surface area contributed by atoms with Crippen molar-refractivity contribution in [3.63, 3.8) is 0 Å². The van der Waals surface area contributed by atoms with Gasteiger partial charge in [0.1, 0.15) is 5.75 Å². The highest BCUT2D eigenvalue weighted by Crippen LogP contribution is 2.49. The van der Waals surface area contributed by atoms with Gasteiger partial charge in [-0.15, -0.1) is 0 Å². The van der Waals surface area contributed by atoms with Crippen LogP contribution in [0, 0.1) is 0 Å². The molecule has 2 N–H and O–H groups in total. The Balaban J connectivity index is 2.11. The Morgan fingerprint density at radius 2 is 2.13 bits per heavy atom. The topological polar surface area (TPSA) is 69.4 Å². The van der Waals surface area contributed by atoms with E-state index in [0.29, 0.717) is 16.9 Å². The van der Waals surface area contributed by atoms with Crippen molar-refractivity contribution in [1.29, 1.82) is 0 Å². The van der Waals surface area contributed by atoms with Gasteiger partial charge in [-0.25, -0.2) is 0 Å². The molecule has 15 heavy (non-hydrogen) atoms. The van der Waals surface area contributed by atoms with Gasteiger partial charge in [-0.05, 0) is 31.0 Å². The monoisotopic (exact) mass is 203 g/mol. The highest BCUT2D eigenvalue weighted by Gasteiger charge is 2.57. The van der Waals surface area contributed by atoms with Crippen molar-refractivity contribution in [1.82, 2.24) is 0 Å². The van der Waals surface area contributed by atoms with Crippen LogP contribution in [0.1, 0.15) is 33.6 Å². The SMILES string of the molecule is NC(=O)c1ccc2c(c1)C(=O)C1(CC1)O2. The number of ketones is 1. The van der Waals surface area contributed by atoms with Crippen molar-refractivity contribution >= 4 is 11.7 Å². The van der Waals surface area contributed by atoms with Crippen molar-refractivity contribution in [2.45, 2.75) is 18.4 Å². The molecule has 4 nitrogen and oxygen atoms in total. The molecule has 3 rings (SSSR count). The Kier molecular flexibility index (Phi) is 1.35. The summed E-state index contributed by atoms with van der Waals surface area (Å²) in [6.45, 7) is 0. The normalized spacial score (nSPS) is 19.9. The molecule has 1 aromatic carbocycles. The molecule has 1 spiro atoms. The smallest absolute Gasteiger partial charge is 0.248 e. The number of hydrogen-bond acceptors (Lipinski definition) is 3. The number of ether oxygens (including phenoxy) is 1.